The third-order valence-corrected chi connectivity index (χ3v) is 3.62. The first-order valence-electron chi connectivity index (χ1n) is 6.80. The minimum absolute atomic E-state index is 0.262. The number of benzene rings is 1. The molecule has 2 nitrogen and oxygen atoms in total. The van der Waals surface area contributed by atoms with Crippen LogP contribution in [0.2, 0.25) is 0 Å². The smallest absolute Gasteiger partial charge is 0.0494 e. The third kappa shape index (κ3) is 3.44. The van der Waals surface area contributed by atoms with E-state index in [1.807, 2.05) is 0 Å². The van der Waals surface area contributed by atoms with E-state index in [-0.39, 0.29) is 6.61 Å². The quantitative estimate of drug-likeness (QED) is 0.782. The zero-order chi connectivity index (χ0) is 13.0. The fraction of sp³-hybridized carbons (Fsp3) is 0.500. The summed E-state index contributed by atoms with van der Waals surface area (Å²) in [6, 6.07) is 9.23. The lowest BCUT2D eigenvalue weighted by Gasteiger charge is -2.13. The highest BCUT2D eigenvalue weighted by molar-refractivity contribution is 5.24. The molecular formula is C16H23NO. The Bertz CT molecular complexity index is 394. The summed E-state index contributed by atoms with van der Waals surface area (Å²) in [4.78, 5) is 0. The Labute approximate surface area is 110 Å². The van der Waals surface area contributed by atoms with E-state index in [1.54, 1.807) is 0 Å². The van der Waals surface area contributed by atoms with E-state index in [0.29, 0.717) is 17.9 Å². The maximum Gasteiger partial charge on any atom is 0.0494 e. The van der Waals surface area contributed by atoms with Gasteiger partial charge in [-0.1, -0.05) is 50.3 Å². The van der Waals surface area contributed by atoms with Gasteiger partial charge in [0.1, 0.15) is 0 Å². The van der Waals surface area contributed by atoms with Gasteiger partial charge in [0.25, 0.3) is 0 Å². The molecule has 0 bridgehead atoms. The van der Waals surface area contributed by atoms with Gasteiger partial charge in [0.15, 0.2) is 0 Å². The summed E-state index contributed by atoms with van der Waals surface area (Å²) in [5.74, 6) is 0.931. The average Bonchev–Trinajstić information content (AvgIpc) is 2.85. The molecule has 0 aliphatic heterocycles. The molecule has 0 saturated heterocycles. The van der Waals surface area contributed by atoms with Crippen molar-refractivity contribution in [3.8, 4) is 0 Å². The van der Waals surface area contributed by atoms with Gasteiger partial charge in [-0.25, -0.2) is 0 Å². The van der Waals surface area contributed by atoms with Crippen LogP contribution in [0.3, 0.4) is 0 Å². The lowest BCUT2D eigenvalue weighted by molar-refractivity contribution is 0.246. The van der Waals surface area contributed by atoms with Gasteiger partial charge in [0, 0.05) is 25.1 Å². The molecule has 98 valence electrons. The fourth-order valence-electron chi connectivity index (χ4n) is 2.33. The van der Waals surface area contributed by atoms with Crippen LogP contribution in [0.25, 0.3) is 0 Å². The van der Waals surface area contributed by atoms with Crippen LogP contribution in [0.5, 0.6) is 0 Å². The van der Waals surface area contributed by atoms with Crippen molar-refractivity contribution in [3.63, 3.8) is 0 Å². The number of aliphatic hydroxyl groups excluding tert-OH is 1. The molecule has 0 spiro atoms. The van der Waals surface area contributed by atoms with Crippen molar-refractivity contribution >= 4 is 0 Å². The second kappa shape index (κ2) is 6.17. The zero-order valence-electron chi connectivity index (χ0n) is 11.3. The Morgan fingerprint density at radius 2 is 1.94 bits per heavy atom. The Morgan fingerprint density at radius 1 is 1.22 bits per heavy atom. The Morgan fingerprint density at radius 3 is 2.50 bits per heavy atom. The van der Waals surface area contributed by atoms with Crippen LogP contribution in [-0.2, 0) is 6.54 Å². The minimum atomic E-state index is 0.262. The highest BCUT2D eigenvalue weighted by Crippen LogP contribution is 2.18. The van der Waals surface area contributed by atoms with Gasteiger partial charge >= 0.3 is 0 Å². The molecule has 2 heteroatoms. The summed E-state index contributed by atoms with van der Waals surface area (Å²) in [5.41, 5.74) is 2.71. The minimum Gasteiger partial charge on any atom is -0.396 e. The summed E-state index contributed by atoms with van der Waals surface area (Å²) in [5, 5.41) is 12.6. The average molecular weight is 245 g/mol. The van der Waals surface area contributed by atoms with Crippen LogP contribution >= 0.6 is 0 Å². The first-order chi connectivity index (χ1) is 8.69. The van der Waals surface area contributed by atoms with Crippen molar-refractivity contribution in [3.05, 3.63) is 47.5 Å². The van der Waals surface area contributed by atoms with Gasteiger partial charge in [-0.05, 0) is 23.5 Å². The summed E-state index contributed by atoms with van der Waals surface area (Å²) in [6.45, 7) is 5.58. The van der Waals surface area contributed by atoms with Gasteiger partial charge in [0.05, 0.1) is 0 Å². The standard InChI is InChI=1S/C16H23NO/c1-12(2)15-6-3-13(4-7-15)10-17-16-8-5-14(9-16)11-18/h3-8,12,14,16-18H,9-11H2,1-2H3/t14-,16+/m0/s1. The summed E-state index contributed by atoms with van der Waals surface area (Å²) in [6.07, 6.45) is 5.30. The van der Waals surface area contributed by atoms with E-state index in [4.69, 9.17) is 5.11 Å². The van der Waals surface area contributed by atoms with E-state index in [2.05, 4.69) is 55.6 Å². The lowest BCUT2D eigenvalue weighted by Crippen LogP contribution is -2.26. The maximum atomic E-state index is 9.07. The highest BCUT2D eigenvalue weighted by atomic mass is 16.3. The Balaban J connectivity index is 1.82. The second-order valence-electron chi connectivity index (χ2n) is 5.45. The first-order valence-corrected chi connectivity index (χ1v) is 6.80. The van der Waals surface area contributed by atoms with Crippen LogP contribution in [-0.4, -0.2) is 17.8 Å². The molecule has 18 heavy (non-hydrogen) atoms. The van der Waals surface area contributed by atoms with Gasteiger partial charge in [0.2, 0.25) is 0 Å². The van der Waals surface area contributed by atoms with Crippen LogP contribution < -0.4 is 5.32 Å². The molecular weight excluding hydrogens is 222 g/mol. The molecule has 0 amide bonds. The van der Waals surface area contributed by atoms with E-state index in [1.165, 1.54) is 11.1 Å². The maximum absolute atomic E-state index is 9.07. The number of hydrogen-bond donors (Lipinski definition) is 2. The van der Waals surface area contributed by atoms with Gasteiger partial charge in [-0.2, -0.15) is 0 Å². The van der Waals surface area contributed by atoms with E-state index < -0.39 is 0 Å². The number of aliphatic hydroxyl groups is 1. The molecule has 1 aliphatic rings. The highest BCUT2D eigenvalue weighted by Gasteiger charge is 2.17. The van der Waals surface area contributed by atoms with Crippen LogP contribution in [0, 0.1) is 5.92 Å². The summed E-state index contributed by atoms with van der Waals surface area (Å²) >= 11 is 0. The first kappa shape index (κ1) is 13.3. The molecule has 1 aliphatic carbocycles. The van der Waals surface area contributed by atoms with Gasteiger partial charge < -0.3 is 10.4 Å². The fourth-order valence-corrected chi connectivity index (χ4v) is 2.33. The molecule has 2 rings (SSSR count). The number of nitrogens with one attached hydrogen (secondary N) is 1. The van der Waals surface area contributed by atoms with Crippen LogP contribution in [0.1, 0.15) is 37.3 Å². The molecule has 0 unspecified atom stereocenters. The van der Waals surface area contributed by atoms with Crippen molar-refractivity contribution in [2.75, 3.05) is 6.61 Å². The largest absolute Gasteiger partial charge is 0.396 e. The molecule has 1 aromatic rings. The molecule has 0 aromatic heterocycles. The number of hydrogen-bond acceptors (Lipinski definition) is 2. The predicted molar refractivity (Wildman–Crippen MR) is 75.5 cm³/mol. The second-order valence-corrected chi connectivity index (χ2v) is 5.45. The SMILES string of the molecule is CC(C)c1ccc(CN[C@@H]2C=C[C@H](CO)C2)cc1. The third-order valence-electron chi connectivity index (χ3n) is 3.62. The molecule has 0 radical (unpaired) electrons. The Kier molecular flexibility index (Phi) is 4.56. The van der Waals surface area contributed by atoms with Gasteiger partial charge in [-0.15, -0.1) is 0 Å². The van der Waals surface area contributed by atoms with E-state index >= 15 is 0 Å². The van der Waals surface area contributed by atoms with Crippen molar-refractivity contribution in [2.24, 2.45) is 5.92 Å². The lowest BCUT2D eigenvalue weighted by atomic mass is 10.0. The summed E-state index contributed by atoms with van der Waals surface area (Å²) in [7, 11) is 0. The van der Waals surface area contributed by atoms with Crippen LogP contribution in [0.15, 0.2) is 36.4 Å². The molecule has 2 atom stereocenters. The monoisotopic (exact) mass is 245 g/mol. The number of rotatable bonds is 5. The van der Waals surface area contributed by atoms with Crippen molar-refractivity contribution in [1.29, 1.82) is 0 Å². The van der Waals surface area contributed by atoms with E-state index in [9.17, 15) is 0 Å². The Hall–Kier alpha value is -1.12. The normalized spacial score (nSPS) is 22.9. The van der Waals surface area contributed by atoms with Crippen molar-refractivity contribution in [2.45, 2.75) is 38.8 Å². The molecule has 0 fully saturated rings. The molecule has 0 saturated carbocycles. The molecule has 2 N–H and O–H groups in total. The summed E-state index contributed by atoms with van der Waals surface area (Å²) < 4.78 is 0. The van der Waals surface area contributed by atoms with Crippen molar-refractivity contribution < 1.29 is 5.11 Å². The van der Waals surface area contributed by atoms with Crippen LogP contribution in [0.4, 0.5) is 0 Å². The zero-order valence-corrected chi connectivity index (χ0v) is 11.3. The molecule has 1 aromatic carbocycles. The van der Waals surface area contributed by atoms with E-state index in [0.717, 1.165) is 13.0 Å². The predicted octanol–water partition coefficient (Wildman–Crippen LogP) is 2.84. The molecule has 0 heterocycles. The van der Waals surface area contributed by atoms with Crippen molar-refractivity contribution in [1.82, 2.24) is 5.32 Å². The van der Waals surface area contributed by atoms with Gasteiger partial charge in [-0.3, -0.25) is 0 Å². The topological polar surface area (TPSA) is 32.3 Å².